The summed E-state index contributed by atoms with van der Waals surface area (Å²) in [6.45, 7) is 3.90. The zero-order valence-corrected chi connectivity index (χ0v) is 16.3. The highest BCUT2D eigenvalue weighted by Gasteiger charge is 2.24. The fourth-order valence-corrected chi connectivity index (χ4v) is 3.43. The average Bonchev–Trinajstić information content (AvgIpc) is 2.68. The second-order valence-corrected chi connectivity index (χ2v) is 7.16. The molecular formula is C19H18BrN3O4. The highest BCUT2D eigenvalue weighted by atomic mass is 79.9. The van der Waals surface area contributed by atoms with Gasteiger partial charge in [-0.2, -0.15) is 0 Å². The van der Waals surface area contributed by atoms with Crippen LogP contribution in [0.3, 0.4) is 0 Å². The second-order valence-electron chi connectivity index (χ2n) is 6.31. The summed E-state index contributed by atoms with van der Waals surface area (Å²) >= 11 is 3.13. The van der Waals surface area contributed by atoms with Crippen LogP contribution in [0.25, 0.3) is 0 Å². The fraction of sp³-hybridized carbons (Fsp3) is 0.263. The minimum atomic E-state index is -0.510. The molecule has 1 heterocycles. The molecule has 0 unspecified atom stereocenters. The number of benzene rings is 2. The molecule has 2 aromatic carbocycles. The Bertz CT molecular complexity index is 890. The van der Waals surface area contributed by atoms with Gasteiger partial charge in [0.2, 0.25) is 0 Å². The summed E-state index contributed by atoms with van der Waals surface area (Å²) in [6.07, 6.45) is 0. The monoisotopic (exact) mass is 431 g/mol. The average molecular weight is 432 g/mol. The molecular weight excluding hydrogens is 414 g/mol. The van der Waals surface area contributed by atoms with Crippen LogP contribution in [-0.2, 0) is 0 Å². The van der Waals surface area contributed by atoms with Crippen LogP contribution in [0.1, 0.15) is 27.6 Å². The predicted octanol–water partition coefficient (Wildman–Crippen LogP) is 3.52. The van der Waals surface area contributed by atoms with Crippen molar-refractivity contribution in [1.29, 1.82) is 0 Å². The Labute approximate surface area is 164 Å². The number of halogens is 1. The maximum absolute atomic E-state index is 12.7. The van der Waals surface area contributed by atoms with E-state index in [0.717, 1.165) is 5.69 Å². The predicted molar refractivity (Wildman–Crippen MR) is 105 cm³/mol. The number of anilines is 1. The van der Waals surface area contributed by atoms with Crippen LogP contribution >= 0.6 is 15.9 Å². The van der Waals surface area contributed by atoms with Crippen molar-refractivity contribution in [3.8, 4) is 0 Å². The van der Waals surface area contributed by atoms with E-state index in [1.807, 2.05) is 12.1 Å². The van der Waals surface area contributed by atoms with Crippen molar-refractivity contribution >= 4 is 39.0 Å². The van der Waals surface area contributed by atoms with Gasteiger partial charge in [0.05, 0.1) is 9.40 Å². The number of amides is 1. The van der Waals surface area contributed by atoms with Gasteiger partial charge in [0.1, 0.15) is 0 Å². The molecule has 0 aromatic heterocycles. The molecule has 0 atom stereocenters. The highest BCUT2D eigenvalue weighted by molar-refractivity contribution is 9.10. The van der Waals surface area contributed by atoms with E-state index in [4.69, 9.17) is 0 Å². The lowest BCUT2D eigenvalue weighted by molar-refractivity contribution is -0.385. The smallest absolute Gasteiger partial charge is 0.284 e. The number of nitro groups is 1. The number of rotatable bonds is 4. The summed E-state index contributed by atoms with van der Waals surface area (Å²) in [5, 5.41) is 11.1. The van der Waals surface area contributed by atoms with Crippen LogP contribution in [0.4, 0.5) is 11.4 Å². The van der Waals surface area contributed by atoms with Crippen LogP contribution in [0.2, 0.25) is 0 Å². The number of hydrogen-bond acceptors (Lipinski definition) is 5. The highest BCUT2D eigenvalue weighted by Crippen LogP contribution is 2.26. The van der Waals surface area contributed by atoms with Crippen molar-refractivity contribution in [3.63, 3.8) is 0 Å². The molecule has 0 bridgehead atoms. The van der Waals surface area contributed by atoms with Gasteiger partial charge in [-0.3, -0.25) is 19.7 Å². The standard InChI is InChI=1S/C19H18BrN3O4/c1-13(24)14-2-5-16(6-3-14)21-8-10-22(11-9-21)19(25)15-4-7-17(20)18(12-15)23(26)27/h2-7,12H,8-11H2,1H3. The number of nitrogens with zero attached hydrogens (tertiary/aromatic N) is 3. The summed E-state index contributed by atoms with van der Waals surface area (Å²) in [5.74, 6) is -0.183. The number of Topliss-reactive ketones (excluding diaryl/α,β-unsaturated/α-hetero) is 1. The summed E-state index contributed by atoms with van der Waals surface area (Å²) in [6, 6.07) is 11.8. The summed E-state index contributed by atoms with van der Waals surface area (Å²) in [7, 11) is 0. The molecule has 1 aliphatic heterocycles. The van der Waals surface area contributed by atoms with Crippen LogP contribution in [-0.4, -0.2) is 47.7 Å². The Balaban J connectivity index is 1.66. The van der Waals surface area contributed by atoms with E-state index in [-0.39, 0.29) is 17.4 Å². The number of carbonyl (C=O) groups excluding carboxylic acids is 2. The third-order valence-electron chi connectivity index (χ3n) is 4.60. The first-order chi connectivity index (χ1) is 12.9. The lowest BCUT2D eigenvalue weighted by Crippen LogP contribution is -2.48. The van der Waals surface area contributed by atoms with Crippen molar-refractivity contribution in [2.24, 2.45) is 0 Å². The Hall–Kier alpha value is -2.74. The van der Waals surface area contributed by atoms with E-state index in [1.165, 1.54) is 19.1 Å². The number of ketones is 1. The molecule has 1 fully saturated rings. The van der Waals surface area contributed by atoms with E-state index in [1.54, 1.807) is 23.1 Å². The minimum absolute atomic E-state index is 0.0283. The molecule has 1 amide bonds. The molecule has 0 radical (unpaired) electrons. The minimum Gasteiger partial charge on any atom is -0.368 e. The Kier molecular flexibility index (Phi) is 5.55. The number of piperazine rings is 1. The molecule has 0 saturated carbocycles. The molecule has 140 valence electrons. The van der Waals surface area contributed by atoms with E-state index < -0.39 is 4.92 Å². The zero-order valence-electron chi connectivity index (χ0n) is 14.7. The molecule has 1 aliphatic rings. The first-order valence-corrected chi connectivity index (χ1v) is 9.25. The Morgan fingerprint density at radius 3 is 2.15 bits per heavy atom. The fourth-order valence-electron chi connectivity index (χ4n) is 3.04. The van der Waals surface area contributed by atoms with Gasteiger partial charge in [-0.05, 0) is 59.3 Å². The quantitative estimate of drug-likeness (QED) is 0.420. The van der Waals surface area contributed by atoms with Crippen molar-refractivity contribution in [3.05, 3.63) is 68.2 Å². The molecule has 27 heavy (non-hydrogen) atoms. The molecule has 0 spiro atoms. The summed E-state index contributed by atoms with van der Waals surface area (Å²) < 4.78 is 0.350. The van der Waals surface area contributed by atoms with E-state index in [2.05, 4.69) is 20.8 Å². The molecule has 8 heteroatoms. The topological polar surface area (TPSA) is 83.8 Å². The van der Waals surface area contributed by atoms with Crippen LogP contribution in [0.5, 0.6) is 0 Å². The van der Waals surface area contributed by atoms with Gasteiger partial charge in [-0.1, -0.05) is 0 Å². The van der Waals surface area contributed by atoms with Crippen molar-refractivity contribution < 1.29 is 14.5 Å². The first-order valence-electron chi connectivity index (χ1n) is 8.46. The van der Waals surface area contributed by atoms with Gasteiger partial charge >= 0.3 is 0 Å². The SMILES string of the molecule is CC(=O)c1ccc(N2CCN(C(=O)c3ccc(Br)c([N+](=O)[O-])c3)CC2)cc1. The molecule has 0 aliphatic carbocycles. The maximum Gasteiger partial charge on any atom is 0.284 e. The third-order valence-corrected chi connectivity index (χ3v) is 5.27. The Morgan fingerprint density at radius 2 is 1.59 bits per heavy atom. The van der Waals surface area contributed by atoms with Crippen LogP contribution < -0.4 is 4.90 Å². The van der Waals surface area contributed by atoms with E-state index >= 15 is 0 Å². The van der Waals surface area contributed by atoms with Crippen LogP contribution in [0, 0.1) is 10.1 Å². The van der Waals surface area contributed by atoms with Gasteiger partial charge in [-0.15, -0.1) is 0 Å². The first kappa shape index (κ1) is 19.0. The van der Waals surface area contributed by atoms with Gasteiger partial charge in [0.25, 0.3) is 11.6 Å². The van der Waals surface area contributed by atoms with Crippen molar-refractivity contribution in [1.82, 2.24) is 4.90 Å². The second kappa shape index (κ2) is 7.87. The summed E-state index contributed by atoms with van der Waals surface area (Å²) in [4.78, 5) is 38.5. The molecule has 7 nitrogen and oxygen atoms in total. The molecule has 1 saturated heterocycles. The van der Waals surface area contributed by atoms with Gasteiger partial charge in [0, 0.05) is 49.1 Å². The number of nitro benzene ring substituents is 1. The van der Waals surface area contributed by atoms with Gasteiger partial charge in [0.15, 0.2) is 5.78 Å². The van der Waals surface area contributed by atoms with E-state index in [0.29, 0.717) is 41.8 Å². The summed E-state index contributed by atoms with van der Waals surface area (Å²) in [5.41, 5.74) is 1.87. The molecule has 2 aromatic rings. The van der Waals surface area contributed by atoms with Gasteiger partial charge in [-0.25, -0.2) is 0 Å². The normalized spacial score (nSPS) is 14.1. The van der Waals surface area contributed by atoms with Crippen LogP contribution in [0.15, 0.2) is 46.9 Å². The van der Waals surface area contributed by atoms with Gasteiger partial charge < -0.3 is 9.80 Å². The van der Waals surface area contributed by atoms with E-state index in [9.17, 15) is 19.7 Å². The molecule has 3 rings (SSSR count). The lowest BCUT2D eigenvalue weighted by atomic mass is 10.1. The van der Waals surface area contributed by atoms with Crippen molar-refractivity contribution in [2.45, 2.75) is 6.92 Å². The van der Waals surface area contributed by atoms with Crippen molar-refractivity contribution in [2.75, 3.05) is 31.1 Å². The lowest BCUT2D eigenvalue weighted by Gasteiger charge is -2.36. The number of hydrogen-bond donors (Lipinski definition) is 0. The molecule has 0 N–H and O–H groups in total. The zero-order chi connectivity index (χ0) is 19.6. The largest absolute Gasteiger partial charge is 0.368 e. The Morgan fingerprint density at radius 1 is 1.00 bits per heavy atom. The maximum atomic E-state index is 12.7. The number of carbonyl (C=O) groups is 2. The third kappa shape index (κ3) is 4.16.